The van der Waals surface area contributed by atoms with Crippen LogP contribution in [0.5, 0.6) is 0 Å². The minimum atomic E-state index is 0.0993. The molecule has 0 aliphatic heterocycles. The Kier molecular flexibility index (Phi) is 7.33. The van der Waals surface area contributed by atoms with Crippen LogP contribution in [0.15, 0.2) is 0 Å². The van der Waals surface area contributed by atoms with E-state index in [2.05, 4.69) is 36.4 Å². The molecule has 4 unspecified atom stereocenters. The summed E-state index contributed by atoms with van der Waals surface area (Å²) in [6.45, 7) is 4.62. The molecule has 1 rings (SSSR count). The first-order valence-corrected chi connectivity index (χ1v) is 8.29. The van der Waals surface area contributed by atoms with Gasteiger partial charge in [0.1, 0.15) is 0 Å². The summed E-state index contributed by atoms with van der Waals surface area (Å²) in [5, 5.41) is 0. The van der Waals surface area contributed by atoms with Gasteiger partial charge in [-0.1, -0.05) is 36.4 Å². The quantitative estimate of drug-likeness (QED) is 0.506. The second kappa shape index (κ2) is 7.65. The highest BCUT2D eigenvalue weighted by Gasteiger charge is 2.28. The standard InChI is InChI=1S/C12H21Cl2IO/c1-8-3-9(2)5-10(4-8)16-12(7-14)11(15)6-13/h8-12H,3-7H2,1-2H3. The number of hydrogen-bond donors (Lipinski definition) is 0. The zero-order valence-corrected chi connectivity index (χ0v) is 13.6. The first-order valence-electron chi connectivity index (χ1n) is 5.98. The van der Waals surface area contributed by atoms with E-state index in [9.17, 15) is 0 Å². The van der Waals surface area contributed by atoms with Crippen molar-refractivity contribution in [2.24, 2.45) is 11.8 Å². The third-order valence-electron chi connectivity index (χ3n) is 3.21. The monoisotopic (exact) mass is 378 g/mol. The van der Waals surface area contributed by atoms with Gasteiger partial charge in [0.05, 0.1) is 16.1 Å². The van der Waals surface area contributed by atoms with Crippen molar-refractivity contribution in [2.75, 3.05) is 11.8 Å². The van der Waals surface area contributed by atoms with Crippen molar-refractivity contribution in [3.05, 3.63) is 0 Å². The van der Waals surface area contributed by atoms with Gasteiger partial charge in [-0.25, -0.2) is 0 Å². The van der Waals surface area contributed by atoms with Gasteiger partial charge in [0.2, 0.25) is 0 Å². The Balaban J connectivity index is 2.44. The van der Waals surface area contributed by atoms with E-state index in [0.29, 0.717) is 21.8 Å². The van der Waals surface area contributed by atoms with Crippen LogP contribution in [0.4, 0.5) is 0 Å². The number of rotatable bonds is 5. The third kappa shape index (κ3) is 4.87. The second-order valence-electron chi connectivity index (χ2n) is 5.04. The van der Waals surface area contributed by atoms with Crippen LogP contribution in [0.25, 0.3) is 0 Å². The average Bonchev–Trinajstić information content (AvgIpc) is 2.23. The zero-order chi connectivity index (χ0) is 12.1. The molecule has 0 aromatic carbocycles. The first-order chi connectivity index (χ1) is 7.56. The maximum Gasteiger partial charge on any atom is 0.0843 e. The lowest BCUT2D eigenvalue weighted by Crippen LogP contribution is -2.35. The van der Waals surface area contributed by atoms with E-state index in [0.717, 1.165) is 11.8 Å². The lowest BCUT2D eigenvalue weighted by molar-refractivity contribution is -0.0365. The lowest BCUT2D eigenvalue weighted by Gasteiger charge is -2.34. The molecule has 0 heterocycles. The summed E-state index contributed by atoms with van der Waals surface area (Å²) in [7, 11) is 0. The van der Waals surface area contributed by atoms with Crippen molar-refractivity contribution in [3.8, 4) is 0 Å². The van der Waals surface area contributed by atoms with E-state index in [1.54, 1.807) is 0 Å². The Morgan fingerprint density at radius 1 is 1.12 bits per heavy atom. The topological polar surface area (TPSA) is 9.23 Å². The largest absolute Gasteiger partial charge is 0.373 e. The normalized spacial score (nSPS) is 34.7. The fourth-order valence-electron chi connectivity index (χ4n) is 2.55. The van der Waals surface area contributed by atoms with Gasteiger partial charge < -0.3 is 4.74 Å². The highest BCUT2D eigenvalue weighted by atomic mass is 127. The molecule has 0 spiro atoms. The first kappa shape index (κ1) is 15.3. The molecule has 96 valence electrons. The Hall–Kier alpha value is 1.27. The van der Waals surface area contributed by atoms with Gasteiger partial charge in [0, 0.05) is 11.8 Å². The van der Waals surface area contributed by atoms with Crippen molar-refractivity contribution >= 4 is 45.8 Å². The molecule has 1 fully saturated rings. The number of ether oxygens (including phenoxy) is 1. The third-order valence-corrected chi connectivity index (χ3v) is 5.61. The molecule has 1 nitrogen and oxygen atoms in total. The fourth-order valence-corrected chi connectivity index (χ4v) is 3.76. The molecule has 0 bridgehead atoms. The van der Waals surface area contributed by atoms with Gasteiger partial charge in [-0.3, -0.25) is 0 Å². The van der Waals surface area contributed by atoms with Gasteiger partial charge in [0.25, 0.3) is 0 Å². The van der Waals surface area contributed by atoms with Gasteiger partial charge in [-0.2, -0.15) is 0 Å². The molecular weight excluding hydrogens is 358 g/mol. The lowest BCUT2D eigenvalue weighted by atomic mass is 9.82. The molecule has 0 radical (unpaired) electrons. The van der Waals surface area contributed by atoms with E-state index < -0.39 is 0 Å². The molecular formula is C12H21Cl2IO. The van der Waals surface area contributed by atoms with Crippen LogP contribution >= 0.6 is 45.8 Å². The molecule has 0 aromatic rings. The van der Waals surface area contributed by atoms with E-state index >= 15 is 0 Å². The van der Waals surface area contributed by atoms with Crippen molar-refractivity contribution in [1.82, 2.24) is 0 Å². The van der Waals surface area contributed by atoms with Crippen LogP contribution in [0.3, 0.4) is 0 Å². The average molecular weight is 379 g/mol. The van der Waals surface area contributed by atoms with Crippen LogP contribution < -0.4 is 0 Å². The van der Waals surface area contributed by atoms with Gasteiger partial charge in [0.15, 0.2) is 0 Å². The van der Waals surface area contributed by atoms with Crippen molar-refractivity contribution < 1.29 is 4.74 Å². The molecule has 4 heteroatoms. The zero-order valence-electron chi connectivity index (χ0n) is 9.96. The highest BCUT2D eigenvalue weighted by molar-refractivity contribution is 14.1. The Morgan fingerprint density at radius 3 is 2.12 bits per heavy atom. The van der Waals surface area contributed by atoms with E-state index in [1.165, 1.54) is 19.3 Å². The molecule has 0 amide bonds. The highest BCUT2D eigenvalue weighted by Crippen LogP contribution is 2.32. The molecule has 1 aliphatic rings. The summed E-state index contributed by atoms with van der Waals surface area (Å²) in [5.74, 6) is 2.69. The summed E-state index contributed by atoms with van der Waals surface area (Å²) in [4.78, 5) is 0. The Morgan fingerprint density at radius 2 is 1.69 bits per heavy atom. The van der Waals surface area contributed by atoms with E-state index in [1.807, 2.05) is 0 Å². The van der Waals surface area contributed by atoms with Crippen molar-refractivity contribution in [2.45, 2.75) is 49.2 Å². The molecule has 1 aliphatic carbocycles. The molecule has 0 saturated heterocycles. The van der Waals surface area contributed by atoms with Gasteiger partial charge in [-0.15, -0.1) is 23.2 Å². The minimum absolute atomic E-state index is 0.0993. The summed E-state index contributed by atoms with van der Waals surface area (Å²) < 4.78 is 6.42. The fraction of sp³-hybridized carbons (Fsp3) is 1.00. The van der Waals surface area contributed by atoms with E-state index in [4.69, 9.17) is 27.9 Å². The van der Waals surface area contributed by atoms with Gasteiger partial charge in [-0.05, 0) is 31.1 Å². The number of halogens is 3. The molecule has 1 saturated carbocycles. The smallest absolute Gasteiger partial charge is 0.0843 e. The van der Waals surface area contributed by atoms with Crippen LogP contribution in [-0.4, -0.2) is 27.9 Å². The number of alkyl halides is 3. The molecule has 0 aromatic heterocycles. The molecule has 4 atom stereocenters. The molecule has 0 N–H and O–H groups in total. The van der Waals surface area contributed by atoms with Crippen LogP contribution in [-0.2, 0) is 4.74 Å². The van der Waals surface area contributed by atoms with Crippen LogP contribution in [0.1, 0.15) is 33.1 Å². The number of hydrogen-bond acceptors (Lipinski definition) is 1. The van der Waals surface area contributed by atoms with E-state index in [-0.39, 0.29) is 6.10 Å². The second-order valence-corrected chi connectivity index (χ2v) is 7.26. The maximum atomic E-state index is 6.11. The van der Waals surface area contributed by atoms with Crippen molar-refractivity contribution in [3.63, 3.8) is 0 Å². The van der Waals surface area contributed by atoms with Crippen LogP contribution in [0, 0.1) is 11.8 Å². The summed E-state index contributed by atoms with van der Waals surface area (Å²) in [6.07, 6.45) is 4.15. The van der Waals surface area contributed by atoms with Crippen LogP contribution in [0.2, 0.25) is 0 Å². The van der Waals surface area contributed by atoms with Crippen molar-refractivity contribution in [1.29, 1.82) is 0 Å². The summed E-state index contributed by atoms with van der Waals surface area (Å²) >= 11 is 14.1. The molecule has 16 heavy (non-hydrogen) atoms. The predicted octanol–water partition coefficient (Wildman–Crippen LogP) is 4.48. The Bertz CT molecular complexity index is 193. The SMILES string of the molecule is CC1CC(C)CC(OC(CCl)C(I)CCl)C1. The maximum absolute atomic E-state index is 6.11. The van der Waals surface area contributed by atoms with Gasteiger partial charge >= 0.3 is 0 Å². The summed E-state index contributed by atoms with van der Waals surface area (Å²) in [5.41, 5.74) is 0. The predicted molar refractivity (Wildman–Crippen MR) is 80.1 cm³/mol. The summed E-state index contributed by atoms with van der Waals surface area (Å²) in [6, 6.07) is 0. The Labute approximate surface area is 123 Å². The minimum Gasteiger partial charge on any atom is -0.373 e.